The van der Waals surface area contributed by atoms with Crippen LogP contribution in [-0.4, -0.2) is 31.6 Å². The van der Waals surface area contributed by atoms with Crippen LogP contribution in [0.3, 0.4) is 0 Å². The zero-order chi connectivity index (χ0) is 22.6. The largest absolute Gasteiger partial charge is 0.699 e. The van der Waals surface area contributed by atoms with Crippen molar-refractivity contribution in [3.8, 4) is 17.2 Å². The zero-order valence-electron chi connectivity index (χ0n) is 18.9. The molecule has 0 saturated heterocycles. The Hall–Kier alpha value is -2.59. The van der Waals surface area contributed by atoms with E-state index in [1.165, 1.54) is 0 Å². The minimum absolute atomic E-state index is 0.645. The predicted molar refractivity (Wildman–Crippen MR) is 129 cm³/mol. The van der Waals surface area contributed by atoms with Gasteiger partial charge in [-0.25, -0.2) is 0 Å². The van der Waals surface area contributed by atoms with Gasteiger partial charge in [0.15, 0.2) is 0 Å². The van der Waals surface area contributed by atoms with Gasteiger partial charge in [0, 0.05) is 14.2 Å². The fraction of sp³-hybridized carbons (Fsp3) is 0.250. The van der Waals surface area contributed by atoms with E-state index in [-0.39, 0.29) is 0 Å². The third-order valence-electron chi connectivity index (χ3n) is 4.47. The molecule has 0 amide bonds. The topological polar surface area (TPSA) is 46.2 Å². The number of rotatable bonds is 9. The summed E-state index contributed by atoms with van der Waals surface area (Å²) in [5, 5.41) is 0. The minimum Gasteiger partial charge on any atom is -0.483 e. The standard InChI is InChI=1S/C20H20O3Si.C4H12O2Si/c1-2-24(21-18-12-6-3-7-13-18,22-19-14-8-4-9-15-19)23-20-16-10-5-11-17-20;1-5-7(3,4)6-2/h3-17H,2H2,1H3;1-4H3. The molecule has 5 nitrogen and oxygen atoms in total. The summed E-state index contributed by atoms with van der Waals surface area (Å²) >= 11 is 0. The highest BCUT2D eigenvalue weighted by atomic mass is 28.4. The van der Waals surface area contributed by atoms with Crippen molar-refractivity contribution < 1.29 is 22.1 Å². The van der Waals surface area contributed by atoms with E-state index in [9.17, 15) is 0 Å². The van der Waals surface area contributed by atoms with E-state index in [0.717, 1.165) is 17.2 Å². The second-order valence-corrected chi connectivity index (χ2v) is 13.4. The second kappa shape index (κ2) is 12.3. The first-order chi connectivity index (χ1) is 14.9. The molecule has 0 fully saturated rings. The van der Waals surface area contributed by atoms with E-state index in [1.54, 1.807) is 14.2 Å². The molecule has 0 N–H and O–H groups in total. The van der Waals surface area contributed by atoms with Gasteiger partial charge in [0.25, 0.3) is 0 Å². The minimum atomic E-state index is -2.99. The monoisotopic (exact) mass is 456 g/mol. The molecule has 0 bridgehead atoms. The lowest BCUT2D eigenvalue weighted by Gasteiger charge is -2.29. The van der Waals surface area contributed by atoms with Gasteiger partial charge >= 0.3 is 17.4 Å². The summed E-state index contributed by atoms with van der Waals surface area (Å²) in [6.07, 6.45) is 0. The number of benzene rings is 3. The van der Waals surface area contributed by atoms with Crippen molar-refractivity contribution in [3.63, 3.8) is 0 Å². The van der Waals surface area contributed by atoms with Gasteiger partial charge in [0.2, 0.25) is 0 Å². The van der Waals surface area contributed by atoms with Gasteiger partial charge in [-0.15, -0.1) is 0 Å². The van der Waals surface area contributed by atoms with Gasteiger partial charge in [0.1, 0.15) is 17.2 Å². The second-order valence-electron chi connectivity index (χ2n) is 7.09. The molecule has 3 aromatic rings. The Kier molecular flexibility index (Phi) is 9.80. The van der Waals surface area contributed by atoms with Gasteiger partial charge in [-0.3, -0.25) is 0 Å². The molecule has 0 atom stereocenters. The molecular weight excluding hydrogens is 424 g/mol. The van der Waals surface area contributed by atoms with Crippen LogP contribution in [0.4, 0.5) is 0 Å². The summed E-state index contributed by atoms with van der Waals surface area (Å²) in [6, 6.07) is 29.7. The maximum absolute atomic E-state index is 6.25. The van der Waals surface area contributed by atoms with Gasteiger partial charge in [-0.05, 0) is 49.5 Å². The molecule has 0 saturated carbocycles. The van der Waals surface area contributed by atoms with E-state index in [4.69, 9.17) is 22.1 Å². The van der Waals surface area contributed by atoms with Crippen LogP contribution in [0.1, 0.15) is 6.92 Å². The van der Waals surface area contributed by atoms with Crippen LogP contribution in [0.15, 0.2) is 91.0 Å². The first-order valence-electron chi connectivity index (χ1n) is 10.2. The molecule has 7 heteroatoms. The van der Waals surface area contributed by atoms with Crippen molar-refractivity contribution >= 4 is 17.4 Å². The predicted octanol–water partition coefficient (Wildman–Crippen LogP) is 6.16. The first kappa shape index (κ1) is 24.7. The number of para-hydroxylation sites is 3. The van der Waals surface area contributed by atoms with Crippen LogP contribution in [0.5, 0.6) is 17.2 Å². The van der Waals surface area contributed by atoms with Crippen molar-refractivity contribution in [2.45, 2.75) is 26.1 Å². The Bertz CT molecular complexity index is 753. The fourth-order valence-corrected chi connectivity index (χ4v) is 4.58. The molecule has 0 unspecified atom stereocenters. The first-order valence-corrected chi connectivity index (χ1v) is 15.0. The lowest BCUT2D eigenvalue weighted by Crippen LogP contribution is -2.54. The summed E-state index contributed by atoms with van der Waals surface area (Å²) in [5.74, 6) is 2.24. The maximum atomic E-state index is 6.25. The third kappa shape index (κ3) is 8.58. The normalized spacial score (nSPS) is 11.1. The summed E-state index contributed by atoms with van der Waals surface area (Å²) in [4.78, 5) is 0. The number of hydrogen-bond donors (Lipinski definition) is 0. The lowest BCUT2D eigenvalue weighted by molar-refractivity contribution is 0.258. The molecule has 0 heterocycles. The lowest BCUT2D eigenvalue weighted by atomic mass is 10.3. The van der Waals surface area contributed by atoms with Crippen LogP contribution >= 0.6 is 0 Å². The molecule has 166 valence electrons. The number of hydrogen-bond acceptors (Lipinski definition) is 5. The van der Waals surface area contributed by atoms with Gasteiger partial charge in [-0.1, -0.05) is 61.5 Å². The van der Waals surface area contributed by atoms with Crippen molar-refractivity contribution in [2.75, 3.05) is 14.2 Å². The molecule has 0 aromatic heterocycles. The van der Waals surface area contributed by atoms with Crippen molar-refractivity contribution in [1.29, 1.82) is 0 Å². The fourth-order valence-electron chi connectivity index (χ4n) is 2.37. The molecule has 0 spiro atoms. The SMILES string of the molecule is CC[Si](Oc1ccccc1)(Oc1ccccc1)Oc1ccccc1.CO[Si](C)(C)OC. The molecule has 3 rings (SSSR count). The molecule has 0 aliphatic carbocycles. The van der Waals surface area contributed by atoms with Crippen LogP contribution in [-0.2, 0) is 8.85 Å². The van der Waals surface area contributed by atoms with Crippen LogP contribution in [0.2, 0.25) is 19.1 Å². The smallest absolute Gasteiger partial charge is 0.483 e. The highest BCUT2D eigenvalue weighted by Crippen LogP contribution is 2.26. The average Bonchev–Trinajstić information content (AvgIpc) is 2.81. The van der Waals surface area contributed by atoms with E-state index in [2.05, 4.69) is 0 Å². The van der Waals surface area contributed by atoms with Crippen molar-refractivity contribution in [3.05, 3.63) is 91.0 Å². The molecule has 0 aliphatic heterocycles. The third-order valence-corrected chi connectivity index (χ3v) is 8.94. The highest BCUT2D eigenvalue weighted by molar-refractivity contribution is 6.64. The van der Waals surface area contributed by atoms with Gasteiger partial charge in [0.05, 0.1) is 6.04 Å². The molecule has 0 radical (unpaired) electrons. The average molecular weight is 457 g/mol. The summed E-state index contributed by atoms with van der Waals surface area (Å²) in [5.41, 5.74) is 0. The Balaban J connectivity index is 0.000000423. The van der Waals surface area contributed by atoms with E-state index >= 15 is 0 Å². The molecule has 31 heavy (non-hydrogen) atoms. The Morgan fingerprint density at radius 1 is 0.548 bits per heavy atom. The highest BCUT2D eigenvalue weighted by Gasteiger charge is 2.47. The summed E-state index contributed by atoms with van der Waals surface area (Å²) < 4.78 is 28.8. The van der Waals surface area contributed by atoms with Crippen molar-refractivity contribution in [2.24, 2.45) is 0 Å². The quantitative estimate of drug-likeness (QED) is 0.361. The van der Waals surface area contributed by atoms with Gasteiger partial charge < -0.3 is 22.1 Å². The molecule has 0 aliphatic rings. The zero-order valence-corrected chi connectivity index (χ0v) is 20.9. The van der Waals surface area contributed by atoms with E-state index < -0.39 is 17.4 Å². The van der Waals surface area contributed by atoms with Crippen LogP contribution < -0.4 is 13.3 Å². The Labute approximate surface area is 188 Å². The molecular formula is C24H32O5Si2. The molecule has 3 aromatic carbocycles. The van der Waals surface area contributed by atoms with E-state index in [1.807, 2.05) is 111 Å². The summed E-state index contributed by atoms with van der Waals surface area (Å²) in [6.45, 7) is 6.01. The Morgan fingerprint density at radius 2 is 0.839 bits per heavy atom. The van der Waals surface area contributed by atoms with Crippen LogP contribution in [0.25, 0.3) is 0 Å². The summed E-state index contributed by atoms with van der Waals surface area (Å²) in [7, 11) is -1.29. The van der Waals surface area contributed by atoms with Crippen molar-refractivity contribution in [1.82, 2.24) is 0 Å². The maximum Gasteiger partial charge on any atom is 0.699 e. The Morgan fingerprint density at radius 3 is 1.03 bits per heavy atom. The van der Waals surface area contributed by atoms with Crippen LogP contribution in [0, 0.1) is 0 Å². The van der Waals surface area contributed by atoms with Gasteiger partial charge in [-0.2, -0.15) is 0 Å². The van der Waals surface area contributed by atoms with E-state index in [0.29, 0.717) is 6.04 Å².